The first-order valence-electron chi connectivity index (χ1n) is 6.86. The van der Waals surface area contributed by atoms with Gasteiger partial charge in [-0.3, -0.25) is 4.79 Å². The van der Waals surface area contributed by atoms with E-state index in [1.807, 2.05) is 0 Å². The quantitative estimate of drug-likeness (QED) is 0.788. The smallest absolute Gasteiger partial charge is 0.223 e. The normalized spacial score (nSPS) is 38.0. The van der Waals surface area contributed by atoms with E-state index >= 15 is 0 Å². The highest BCUT2D eigenvalue weighted by molar-refractivity contribution is 5.79. The second-order valence-electron chi connectivity index (χ2n) is 5.46. The summed E-state index contributed by atoms with van der Waals surface area (Å²) in [6.07, 6.45) is 6.79. The van der Waals surface area contributed by atoms with Crippen molar-refractivity contribution in [1.82, 2.24) is 5.32 Å². The second-order valence-corrected chi connectivity index (χ2v) is 5.46. The number of rotatable bonds is 2. The number of fused-ring (bicyclic) bond motifs is 1. The Bertz CT molecular complexity index is 290. The van der Waals surface area contributed by atoms with Gasteiger partial charge in [-0.2, -0.15) is 0 Å². The van der Waals surface area contributed by atoms with Crippen LogP contribution >= 0.6 is 0 Å². The summed E-state index contributed by atoms with van der Waals surface area (Å²) in [6.45, 7) is 1.42. The van der Waals surface area contributed by atoms with Gasteiger partial charge in [-0.15, -0.1) is 0 Å². The minimum absolute atomic E-state index is 0.198. The van der Waals surface area contributed by atoms with Crippen molar-refractivity contribution in [3.63, 3.8) is 0 Å². The van der Waals surface area contributed by atoms with Crippen LogP contribution in [0.4, 0.5) is 0 Å². The predicted molar refractivity (Wildman–Crippen MR) is 62.6 cm³/mol. The molecule has 0 bridgehead atoms. The van der Waals surface area contributed by atoms with Crippen molar-refractivity contribution >= 4 is 5.91 Å². The molecule has 3 atom stereocenters. The molecular formula is C13H21NO3. The SMILES string of the molecule is O=C(NC1CCC2OCCOC2C1)C1CCC1. The van der Waals surface area contributed by atoms with E-state index in [0.717, 1.165) is 38.7 Å². The van der Waals surface area contributed by atoms with Gasteiger partial charge >= 0.3 is 0 Å². The molecular weight excluding hydrogens is 218 g/mol. The van der Waals surface area contributed by atoms with Gasteiger partial charge in [0.25, 0.3) is 0 Å². The highest BCUT2D eigenvalue weighted by atomic mass is 16.6. The number of carbonyl (C=O) groups excluding carboxylic acids is 1. The average Bonchev–Trinajstić information content (AvgIpc) is 2.26. The number of nitrogens with one attached hydrogen (secondary N) is 1. The fourth-order valence-corrected chi connectivity index (χ4v) is 2.99. The van der Waals surface area contributed by atoms with Crippen LogP contribution < -0.4 is 5.32 Å². The minimum Gasteiger partial charge on any atom is -0.373 e. The van der Waals surface area contributed by atoms with Gasteiger partial charge in [0.05, 0.1) is 25.4 Å². The summed E-state index contributed by atoms with van der Waals surface area (Å²) < 4.78 is 11.4. The van der Waals surface area contributed by atoms with Crippen LogP contribution in [-0.4, -0.2) is 37.4 Å². The Kier molecular flexibility index (Phi) is 3.34. The van der Waals surface area contributed by atoms with Gasteiger partial charge in [-0.1, -0.05) is 6.42 Å². The topological polar surface area (TPSA) is 47.6 Å². The lowest BCUT2D eigenvalue weighted by Crippen LogP contribution is -2.50. The molecule has 4 heteroatoms. The molecule has 1 saturated heterocycles. The molecule has 2 aliphatic carbocycles. The first-order chi connectivity index (χ1) is 8.33. The van der Waals surface area contributed by atoms with Crippen molar-refractivity contribution in [3.05, 3.63) is 0 Å². The molecule has 0 aromatic heterocycles. The molecule has 3 fully saturated rings. The van der Waals surface area contributed by atoms with Crippen molar-refractivity contribution in [2.45, 2.75) is 56.8 Å². The van der Waals surface area contributed by atoms with Crippen LogP contribution in [0.5, 0.6) is 0 Å². The van der Waals surface area contributed by atoms with Crippen molar-refractivity contribution in [2.24, 2.45) is 5.92 Å². The van der Waals surface area contributed by atoms with Crippen LogP contribution in [0.1, 0.15) is 38.5 Å². The number of hydrogen-bond donors (Lipinski definition) is 1. The summed E-state index contributed by atoms with van der Waals surface area (Å²) in [7, 11) is 0. The Morgan fingerprint density at radius 1 is 1.00 bits per heavy atom. The molecule has 4 nitrogen and oxygen atoms in total. The maximum absolute atomic E-state index is 11.9. The monoisotopic (exact) mass is 239 g/mol. The van der Waals surface area contributed by atoms with Crippen LogP contribution in [0.15, 0.2) is 0 Å². The van der Waals surface area contributed by atoms with E-state index in [0.29, 0.717) is 12.6 Å². The van der Waals surface area contributed by atoms with Crippen LogP contribution in [0, 0.1) is 5.92 Å². The van der Waals surface area contributed by atoms with Gasteiger partial charge in [0.1, 0.15) is 0 Å². The van der Waals surface area contributed by atoms with Crippen LogP contribution in [0.3, 0.4) is 0 Å². The Morgan fingerprint density at radius 3 is 2.47 bits per heavy atom. The molecule has 2 saturated carbocycles. The maximum Gasteiger partial charge on any atom is 0.223 e. The van der Waals surface area contributed by atoms with Gasteiger partial charge in [0, 0.05) is 12.0 Å². The molecule has 1 heterocycles. The molecule has 3 aliphatic rings. The van der Waals surface area contributed by atoms with E-state index in [-0.39, 0.29) is 24.0 Å². The Hall–Kier alpha value is -0.610. The first-order valence-corrected chi connectivity index (χ1v) is 6.86. The number of ether oxygens (including phenoxy) is 2. The summed E-state index contributed by atoms with van der Waals surface area (Å²) in [5.41, 5.74) is 0. The molecule has 0 aromatic carbocycles. The van der Waals surface area contributed by atoms with E-state index in [1.54, 1.807) is 0 Å². The van der Waals surface area contributed by atoms with E-state index in [9.17, 15) is 4.79 Å². The Balaban J connectivity index is 1.49. The zero-order valence-electron chi connectivity index (χ0n) is 10.2. The lowest BCUT2D eigenvalue weighted by molar-refractivity contribution is -0.159. The summed E-state index contributed by atoms with van der Waals surface area (Å²) in [4.78, 5) is 11.9. The standard InChI is InChI=1S/C13H21NO3/c15-13(9-2-1-3-9)14-10-4-5-11-12(8-10)17-7-6-16-11/h9-12H,1-8H2,(H,14,15). The highest BCUT2D eigenvalue weighted by Gasteiger charge is 2.35. The third kappa shape index (κ3) is 2.47. The zero-order valence-corrected chi connectivity index (χ0v) is 10.2. The van der Waals surface area contributed by atoms with E-state index in [1.165, 1.54) is 6.42 Å². The zero-order chi connectivity index (χ0) is 11.7. The molecule has 96 valence electrons. The molecule has 0 radical (unpaired) electrons. The van der Waals surface area contributed by atoms with E-state index in [2.05, 4.69) is 5.32 Å². The molecule has 0 spiro atoms. The van der Waals surface area contributed by atoms with Gasteiger partial charge in [-0.05, 0) is 32.1 Å². The van der Waals surface area contributed by atoms with E-state index in [4.69, 9.17) is 9.47 Å². The molecule has 1 N–H and O–H groups in total. The molecule has 0 aromatic rings. The largest absolute Gasteiger partial charge is 0.373 e. The van der Waals surface area contributed by atoms with Crippen LogP contribution in [-0.2, 0) is 14.3 Å². The molecule has 1 amide bonds. The fraction of sp³-hybridized carbons (Fsp3) is 0.923. The summed E-state index contributed by atoms with van der Waals surface area (Å²) in [5.74, 6) is 0.549. The maximum atomic E-state index is 11.9. The third-order valence-corrected chi connectivity index (χ3v) is 4.30. The lowest BCUT2D eigenvalue weighted by Gasteiger charge is -2.39. The van der Waals surface area contributed by atoms with E-state index < -0.39 is 0 Å². The lowest BCUT2D eigenvalue weighted by atomic mass is 9.83. The molecule has 17 heavy (non-hydrogen) atoms. The van der Waals surface area contributed by atoms with Crippen LogP contribution in [0.2, 0.25) is 0 Å². The van der Waals surface area contributed by atoms with Gasteiger partial charge in [0.2, 0.25) is 5.91 Å². The number of hydrogen-bond acceptors (Lipinski definition) is 3. The molecule has 3 unspecified atom stereocenters. The second kappa shape index (κ2) is 4.94. The van der Waals surface area contributed by atoms with Gasteiger partial charge in [0.15, 0.2) is 0 Å². The van der Waals surface area contributed by atoms with Gasteiger partial charge in [-0.25, -0.2) is 0 Å². The average molecular weight is 239 g/mol. The van der Waals surface area contributed by atoms with Crippen molar-refractivity contribution in [2.75, 3.05) is 13.2 Å². The number of carbonyl (C=O) groups is 1. The van der Waals surface area contributed by atoms with Crippen LogP contribution in [0.25, 0.3) is 0 Å². The molecule has 3 rings (SSSR count). The first kappa shape index (κ1) is 11.5. The van der Waals surface area contributed by atoms with Crippen molar-refractivity contribution in [1.29, 1.82) is 0 Å². The summed E-state index contributed by atoms with van der Waals surface area (Å²) in [5, 5.41) is 3.18. The third-order valence-electron chi connectivity index (χ3n) is 4.30. The van der Waals surface area contributed by atoms with Crippen molar-refractivity contribution in [3.8, 4) is 0 Å². The molecule has 1 aliphatic heterocycles. The Morgan fingerprint density at radius 2 is 1.76 bits per heavy atom. The van der Waals surface area contributed by atoms with Gasteiger partial charge < -0.3 is 14.8 Å². The predicted octanol–water partition coefficient (Wildman–Crippen LogP) is 1.24. The number of amides is 1. The summed E-state index contributed by atoms with van der Waals surface area (Å²) >= 11 is 0. The Labute approximate surface area is 102 Å². The highest BCUT2D eigenvalue weighted by Crippen LogP contribution is 2.29. The summed E-state index contributed by atoms with van der Waals surface area (Å²) in [6, 6.07) is 0.297. The fourth-order valence-electron chi connectivity index (χ4n) is 2.99. The minimum atomic E-state index is 0.198. The van der Waals surface area contributed by atoms with Crippen molar-refractivity contribution < 1.29 is 14.3 Å².